The second-order valence-electron chi connectivity index (χ2n) is 11.4. The van der Waals surface area contributed by atoms with Crippen molar-refractivity contribution in [2.45, 2.75) is 59.3 Å². The first-order valence-electron chi connectivity index (χ1n) is 12.7. The van der Waals surface area contributed by atoms with Crippen LogP contribution in [-0.4, -0.2) is 9.97 Å². The number of fused-ring (bicyclic) bond motifs is 6. The van der Waals surface area contributed by atoms with E-state index in [1.54, 1.807) is 6.33 Å². The van der Waals surface area contributed by atoms with Crippen LogP contribution in [0.15, 0.2) is 65.3 Å². The van der Waals surface area contributed by atoms with Gasteiger partial charge in [-0.05, 0) is 70.2 Å². The van der Waals surface area contributed by atoms with E-state index in [1.807, 2.05) is 0 Å². The zero-order chi connectivity index (χ0) is 24.3. The van der Waals surface area contributed by atoms with Crippen LogP contribution in [0.25, 0.3) is 44.5 Å². The Bertz CT molecular complexity index is 1580. The van der Waals surface area contributed by atoms with Gasteiger partial charge in [-0.2, -0.15) is 0 Å². The van der Waals surface area contributed by atoms with Gasteiger partial charge in [-0.1, -0.05) is 77.1 Å². The third-order valence-electron chi connectivity index (χ3n) is 7.21. The summed E-state index contributed by atoms with van der Waals surface area (Å²) in [5.74, 6) is 1.62. The lowest BCUT2D eigenvalue weighted by molar-refractivity contribution is 0.596. The third kappa shape index (κ3) is 3.74. The second kappa shape index (κ2) is 8.05. The molecule has 3 heteroatoms. The van der Waals surface area contributed by atoms with Gasteiger partial charge in [0.25, 0.3) is 0 Å². The van der Waals surface area contributed by atoms with Gasteiger partial charge in [0.05, 0.1) is 0 Å². The minimum atomic E-state index is 0.0107. The number of hydrogen-bond acceptors (Lipinski definition) is 3. The molecule has 5 aromatic rings. The normalized spacial score (nSPS) is 13.4. The zero-order valence-electron chi connectivity index (χ0n) is 21.3. The zero-order valence-corrected chi connectivity index (χ0v) is 21.3. The maximum atomic E-state index is 6.64. The quantitative estimate of drug-likeness (QED) is 0.272. The third-order valence-corrected chi connectivity index (χ3v) is 7.21. The molecular formula is C32H32N2O. The van der Waals surface area contributed by atoms with Gasteiger partial charge in [0.2, 0.25) is 0 Å². The number of aryl methyl sites for hydroxylation is 2. The van der Waals surface area contributed by atoms with E-state index >= 15 is 0 Å². The molecule has 3 nitrogen and oxygen atoms in total. The minimum Gasteiger partial charge on any atom is -0.452 e. The molecule has 0 aliphatic heterocycles. The molecule has 0 spiro atoms. The Morgan fingerprint density at radius 2 is 1.77 bits per heavy atom. The van der Waals surface area contributed by atoms with Gasteiger partial charge in [0.1, 0.15) is 23.3 Å². The second-order valence-corrected chi connectivity index (χ2v) is 11.4. The first kappa shape index (κ1) is 22.0. The highest BCUT2D eigenvalue weighted by Gasteiger charge is 2.27. The molecule has 0 saturated carbocycles. The molecule has 2 heterocycles. The van der Waals surface area contributed by atoms with E-state index in [0.29, 0.717) is 5.92 Å². The number of aromatic nitrogens is 2. The SMILES string of the molecule is CC(C)Cc1ccc2c(c1)CCc1c-2oc2c(-c3cc(C(C)(C)C)c4ccccc4c3)ncnc12. The molecule has 0 bridgehead atoms. The highest BCUT2D eigenvalue weighted by Crippen LogP contribution is 2.43. The summed E-state index contributed by atoms with van der Waals surface area (Å²) in [7, 11) is 0. The van der Waals surface area contributed by atoms with Gasteiger partial charge in [-0.25, -0.2) is 9.97 Å². The summed E-state index contributed by atoms with van der Waals surface area (Å²) in [5.41, 5.74) is 10.2. The van der Waals surface area contributed by atoms with E-state index in [0.717, 1.165) is 47.4 Å². The summed E-state index contributed by atoms with van der Waals surface area (Å²) in [6.45, 7) is 11.3. The predicted molar refractivity (Wildman–Crippen MR) is 145 cm³/mol. The van der Waals surface area contributed by atoms with Crippen LogP contribution >= 0.6 is 0 Å². The maximum Gasteiger partial charge on any atom is 0.179 e. The van der Waals surface area contributed by atoms with Crippen LogP contribution in [0.5, 0.6) is 0 Å². The van der Waals surface area contributed by atoms with Crippen LogP contribution in [0.4, 0.5) is 0 Å². The molecule has 0 amide bonds. The molecule has 6 rings (SSSR count). The molecule has 1 aliphatic carbocycles. The predicted octanol–water partition coefficient (Wildman–Crippen LogP) is 8.30. The van der Waals surface area contributed by atoms with E-state index in [2.05, 4.69) is 89.2 Å². The monoisotopic (exact) mass is 460 g/mol. The van der Waals surface area contributed by atoms with E-state index in [9.17, 15) is 0 Å². The number of rotatable bonds is 3. The highest BCUT2D eigenvalue weighted by atomic mass is 16.3. The Balaban J connectivity index is 1.54. The average Bonchev–Trinajstić information content (AvgIpc) is 3.21. The molecule has 176 valence electrons. The lowest BCUT2D eigenvalue weighted by Crippen LogP contribution is -2.12. The molecule has 0 radical (unpaired) electrons. The summed E-state index contributed by atoms with van der Waals surface area (Å²) in [4.78, 5) is 9.45. The Hall–Kier alpha value is -3.46. The molecular weight excluding hydrogens is 428 g/mol. The first-order valence-corrected chi connectivity index (χ1v) is 12.7. The minimum absolute atomic E-state index is 0.0107. The van der Waals surface area contributed by atoms with Gasteiger partial charge >= 0.3 is 0 Å². The van der Waals surface area contributed by atoms with Crippen LogP contribution in [0.2, 0.25) is 0 Å². The summed E-state index contributed by atoms with van der Waals surface area (Å²) in [5, 5.41) is 2.51. The van der Waals surface area contributed by atoms with Crippen molar-refractivity contribution in [2.24, 2.45) is 5.92 Å². The van der Waals surface area contributed by atoms with Crippen LogP contribution in [0.3, 0.4) is 0 Å². The van der Waals surface area contributed by atoms with Crippen molar-refractivity contribution in [3.8, 4) is 22.6 Å². The highest BCUT2D eigenvalue weighted by molar-refractivity contribution is 5.98. The standard InChI is InChI=1S/C32H32N2O/c1-19(2)14-20-10-12-25-22(15-20)11-13-26-29-31(35-30(25)26)28(33-18-34-29)23-16-21-8-6-7-9-24(21)27(17-23)32(3,4)5/h6-10,12,15-19H,11,13-14H2,1-5H3. The number of hydrogen-bond donors (Lipinski definition) is 0. The van der Waals surface area contributed by atoms with E-state index in [1.165, 1.54) is 38.6 Å². The Labute approximate surface area is 207 Å². The molecule has 0 unspecified atom stereocenters. The van der Waals surface area contributed by atoms with Crippen LogP contribution in [-0.2, 0) is 24.7 Å². The van der Waals surface area contributed by atoms with Crippen molar-refractivity contribution in [3.63, 3.8) is 0 Å². The number of furan rings is 1. The molecule has 3 aromatic carbocycles. The lowest BCUT2D eigenvalue weighted by atomic mass is 9.82. The number of nitrogens with zero attached hydrogens (tertiary/aromatic N) is 2. The summed E-state index contributed by atoms with van der Waals surface area (Å²) >= 11 is 0. The molecule has 2 aromatic heterocycles. The molecule has 1 aliphatic rings. The van der Waals surface area contributed by atoms with Crippen molar-refractivity contribution in [2.75, 3.05) is 0 Å². The van der Waals surface area contributed by atoms with Gasteiger partial charge in [-0.3, -0.25) is 0 Å². The fourth-order valence-corrected chi connectivity index (χ4v) is 5.61. The molecule has 0 fully saturated rings. The van der Waals surface area contributed by atoms with Crippen LogP contribution in [0, 0.1) is 5.92 Å². The maximum absolute atomic E-state index is 6.64. The van der Waals surface area contributed by atoms with E-state index in [4.69, 9.17) is 14.4 Å². The summed E-state index contributed by atoms with van der Waals surface area (Å²) in [6, 6.07) is 20.0. The van der Waals surface area contributed by atoms with Gasteiger partial charge in [-0.15, -0.1) is 0 Å². The Kier molecular flexibility index (Phi) is 5.07. The van der Waals surface area contributed by atoms with Crippen molar-refractivity contribution in [3.05, 3.63) is 83.2 Å². The summed E-state index contributed by atoms with van der Waals surface area (Å²) in [6.07, 6.45) is 4.77. The first-order chi connectivity index (χ1) is 16.8. The Morgan fingerprint density at radius 3 is 2.57 bits per heavy atom. The van der Waals surface area contributed by atoms with Gasteiger partial charge in [0.15, 0.2) is 5.58 Å². The molecule has 0 N–H and O–H groups in total. The van der Waals surface area contributed by atoms with Gasteiger partial charge < -0.3 is 4.42 Å². The largest absolute Gasteiger partial charge is 0.452 e. The van der Waals surface area contributed by atoms with Crippen molar-refractivity contribution in [1.82, 2.24) is 9.97 Å². The lowest BCUT2D eigenvalue weighted by Gasteiger charge is -2.22. The number of benzene rings is 3. The van der Waals surface area contributed by atoms with Crippen molar-refractivity contribution >= 4 is 21.9 Å². The fraction of sp³-hybridized carbons (Fsp3) is 0.312. The Morgan fingerprint density at radius 1 is 0.943 bits per heavy atom. The van der Waals surface area contributed by atoms with E-state index in [-0.39, 0.29) is 5.41 Å². The van der Waals surface area contributed by atoms with Crippen LogP contribution in [0.1, 0.15) is 56.9 Å². The molecule has 35 heavy (non-hydrogen) atoms. The van der Waals surface area contributed by atoms with Crippen molar-refractivity contribution < 1.29 is 4.42 Å². The van der Waals surface area contributed by atoms with E-state index < -0.39 is 0 Å². The molecule has 0 atom stereocenters. The van der Waals surface area contributed by atoms with Crippen molar-refractivity contribution in [1.29, 1.82) is 0 Å². The van der Waals surface area contributed by atoms with Gasteiger partial charge in [0, 0.05) is 16.7 Å². The summed E-state index contributed by atoms with van der Waals surface area (Å²) < 4.78 is 6.64. The molecule has 0 saturated heterocycles. The van der Waals surface area contributed by atoms with Crippen LogP contribution < -0.4 is 0 Å². The fourth-order valence-electron chi connectivity index (χ4n) is 5.61. The topological polar surface area (TPSA) is 38.9 Å². The average molecular weight is 461 g/mol. The smallest absolute Gasteiger partial charge is 0.179 e.